The second-order valence-electron chi connectivity index (χ2n) is 7.50. The van der Waals surface area contributed by atoms with Crippen LogP contribution in [0.4, 0.5) is 31.5 Å². The molecule has 2 aromatic carbocycles. The van der Waals surface area contributed by atoms with Crippen LogP contribution in [0.15, 0.2) is 30.3 Å². The zero-order valence-corrected chi connectivity index (χ0v) is 16.5. The third-order valence-corrected chi connectivity index (χ3v) is 5.09. The van der Waals surface area contributed by atoms with Crippen LogP contribution in [0.25, 0.3) is 0 Å². The molecule has 6 nitrogen and oxygen atoms in total. The molecule has 2 heterocycles. The van der Waals surface area contributed by atoms with Gasteiger partial charge in [-0.1, -0.05) is 0 Å². The van der Waals surface area contributed by atoms with Crippen LogP contribution in [-0.2, 0) is 9.53 Å². The minimum Gasteiger partial charge on any atom is -0.481 e. The zero-order valence-electron chi connectivity index (χ0n) is 16.5. The second-order valence-corrected chi connectivity index (χ2v) is 7.50. The summed E-state index contributed by atoms with van der Waals surface area (Å²) < 4.78 is 40.7. The van der Waals surface area contributed by atoms with Crippen LogP contribution in [0.5, 0.6) is 5.75 Å². The van der Waals surface area contributed by atoms with Gasteiger partial charge in [-0.2, -0.15) is 0 Å². The van der Waals surface area contributed by atoms with Gasteiger partial charge in [0, 0.05) is 37.6 Å². The molecule has 0 aliphatic carbocycles. The molecule has 2 atom stereocenters. The van der Waals surface area contributed by atoms with Gasteiger partial charge in [-0.3, -0.25) is 4.79 Å². The molecule has 0 spiro atoms. The first-order chi connectivity index (χ1) is 13.8. The Hall–Kier alpha value is -2.87. The van der Waals surface area contributed by atoms with E-state index in [1.807, 2.05) is 13.8 Å². The van der Waals surface area contributed by atoms with E-state index in [0.717, 1.165) is 0 Å². The summed E-state index contributed by atoms with van der Waals surface area (Å²) in [4.78, 5) is 14.9. The Kier molecular flexibility index (Phi) is 5.04. The lowest BCUT2D eigenvalue weighted by Gasteiger charge is -2.37. The predicted octanol–water partition coefficient (Wildman–Crippen LogP) is 3.68. The molecule has 1 N–H and O–H groups in total. The molecular weight excluding hydrogens is 380 g/mol. The molecule has 2 unspecified atom stereocenters. The summed E-state index contributed by atoms with van der Waals surface area (Å²) in [6.45, 7) is 4.59. The van der Waals surface area contributed by atoms with Crippen LogP contribution < -0.4 is 19.9 Å². The number of morpholine rings is 1. The van der Waals surface area contributed by atoms with E-state index < -0.39 is 11.6 Å². The number of amides is 1. The molecular formula is C21H23F2N3O3. The maximum atomic E-state index is 14.8. The van der Waals surface area contributed by atoms with Gasteiger partial charge in [-0.15, -0.1) is 0 Å². The highest BCUT2D eigenvalue weighted by Gasteiger charge is 2.27. The number of benzene rings is 2. The van der Waals surface area contributed by atoms with E-state index in [1.165, 1.54) is 17.0 Å². The molecule has 1 amide bonds. The van der Waals surface area contributed by atoms with E-state index in [0.29, 0.717) is 35.9 Å². The van der Waals surface area contributed by atoms with Crippen molar-refractivity contribution in [3.05, 3.63) is 42.0 Å². The molecule has 8 heteroatoms. The number of nitrogens with zero attached hydrogens (tertiary/aromatic N) is 2. The highest BCUT2D eigenvalue weighted by Crippen LogP contribution is 2.36. The predicted molar refractivity (Wildman–Crippen MR) is 107 cm³/mol. The summed E-state index contributed by atoms with van der Waals surface area (Å²) in [5.74, 6) is -0.864. The Morgan fingerprint density at radius 2 is 1.69 bits per heavy atom. The molecule has 0 radical (unpaired) electrons. The fourth-order valence-electron chi connectivity index (χ4n) is 3.82. The SMILES string of the molecule is CC1CN(c2c(F)cc(Nc3ccc4c(c3)OCC(=O)N4C)cc2F)CC(C)O1. The summed E-state index contributed by atoms with van der Waals surface area (Å²) in [6.07, 6.45) is -0.202. The van der Waals surface area contributed by atoms with E-state index >= 15 is 0 Å². The number of hydrogen-bond donors (Lipinski definition) is 1. The summed E-state index contributed by atoms with van der Waals surface area (Å²) in [7, 11) is 1.67. The largest absolute Gasteiger partial charge is 0.481 e. The number of ether oxygens (including phenoxy) is 2. The lowest BCUT2D eigenvalue weighted by atomic mass is 10.1. The maximum Gasteiger partial charge on any atom is 0.264 e. The molecule has 154 valence electrons. The lowest BCUT2D eigenvalue weighted by molar-refractivity contribution is -0.120. The van der Waals surface area contributed by atoms with Crippen molar-refractivity contribution >= 4 is 28.7 Å². The second kappa shape index (κ2) is 7.51. The number of nitrogens with one attached hydrogen (secondary N) is 1. The molecule has 0 saturated carbocycles. The number of halogens is 2. The van der Waals surface area contributed by atoms with Crippen molar-refractivity contribution in [2.75, 3.05) is 41.9 Å². The van der Waals surface area contributed by atoms with Gasteiger partial charge < -0.3 is 24.6 Å². The van der Waals surface area contributed by atoms with Crippen molar-refractivity contribution in [3.63, 3.8) is 0 Å². The average Bonchev–Trinajstić information content (AvgIpc) is 2.63. The highest BCUT2D eigenvalue weighted by atomic mass is 19.1. The number of hydrogen-bond acceptors (Lipinski definition) is 5. The van der Waals surface area contributed by atoms with E-state index in [4.69, 9.17) is 9.47 Å². The smallest absolute Gasteiger partial charge is 0.264 e. The third-order valence-electron chi connectivity index (χ3n) is 5.09. The van der Waals surface area contributed by atoms with Gasteiger partial charge in [0.15, 0.2) is 18.2 Å². The van der Waals surface area contributed by atoms with Gasteiger partial charge in [0.2, 0.25) is 0 Å². The molecule has 4 rings (SSSR count). The normalized spacial score (nSPS) is 21.6. The van der Waals surface area contributed by atoms with Gasteiger partial charge in [0.25, 0.3) is 5.91 Å². The van der Waals surface area contributed by atoms with Crippen LogP contribution in [0, 0.1) is 11.6 Å². The fourth-order valence-corrected chi connectivity index (χ4v) is 3.82. The number of anilines is 4. The minimum atomic E-state index is -0.631. The monoisotopic (exact) mass is 403 g/mol. The molecule has 2 aliphatic rings. The van der Waals surface area contributed by atoms with Crippen molar-refractivity contribution in [2.45, 2.75) is 26.1 Å². The summed E-state index contributed by atoms with van der Waals surface area (Å²) in [5.41, 5.74) is 1.51. The van der Waals surface area contributed by atoms with Crippen LogP contribution >= 0.6 is 0 Å². The maximum absolute atomic E-state index is 14.8. The van der Waals surface area contributed by atoms with Gasteiger partial charge in [0.1, 0.15) is 11.4 Å². The number of rotatable bonds is 3. The van der Waals surface area contributed by atoms with Crippen molar-refractivity contribution in [1.29, 1.82) is 0 Å². The third kappa shape index (κ3) is 3.85. The fraction of sp³-hybridized carbons (Fsp3) is 0.381. The number of likely N-dealkylation sites (N-methyl/N-ethyl adjacent to an activating group) is 1. The van der Waals surface area contributed by atoms with Crippen molar-refractivity contribution in [1.82, 2.24) is 0 Å². The average molecular weight is 403 g/mol. The molecule has 2 aromatic rings. The van der Waals surface area contributed by atoms with Crippen molar-refractivity contribution in [2.24, 2.45) is 0 Å². The van der Waals surface area contributed by atoms with Crippen molar-refractivity contribution < 1.29 is 23.0 Å². The van der Waals surface area contributed by atoms with Gasteiger partial charge >= 0.3 is 0 Å². The Balaban J connectivity index is 1.57. The van der Waals surface area contributed by atoms with E-state index in [2.05, 4.69) is 5.32 Å². The Bertz CT molecular complexity index is 920. The Labute approximate surface area is 168 Å². The van der Waals surface area contributed by atoms with E-state index in [1.54, 1.807) is 30.1 Å². The van der Waals surface area contributed by atoms with Gasteiger partial charge in [0.05, 0.1) is 17.9 Å². The number of carbonyl (C=O) groups is 1. The van der Waals surface area contributed by atoms with Gasteiger partial charge in [-0.25, -0.2) is 8.78 Å². The lowest BCUT2D eigenvalue weighted by Crippen LogP contribution is -2.46. The summed E-state index contributed by atoms with van der Waals surface area (Å²) in [5, 5.41) is 3.00. The first-order valence-electron chi connectivity index (χ1n) is 9.51. The molecule has 0 aromatic heterocycles. The zero-order chi connectivity index (χ0) is 20.7. The minimum absolute atomic E-state index is 0.0357. The van der Waals surface area contributed by atoms with Gasteiger partial charge in [-0.05, 0) is 38.1 Å². The Morgan fingerprint density at radius 3 is 2.34 bits per heavy atom. The van der Waals surface area contributed by atoms with E-state index in [-0.39, 0.29) is 30.4 Å². The number of fused-ring (bicyclic) bond motifs is 1. The molecule has 2 aliphatic heterocycles. The van der Waals surface area contributed by atoms with Crippen LogP contribution in [0.2, 0.25) is 0 Å². The van der Waals surface area contributed by atoms with Crippen LogP contribution in [0.3, 0.4) is 0 Å². The number of carbonyl (C=O) groups excluding carboxylic acids is 1. The molecule has 0 bridgehead atoms. The van der Waals surface area contributed by atoms with Crippen molar-refractivity contribution in [3.8, 4) is 5.75 Å². The topological polar surface area (TPSA) is 54.0 Å². The Morgan fingerprint density at radius 1 is 1.03 bits per heavy atom. The van der Waals surface area contributed by atoms with Crippen LogP contribution in [0.1, 0.15) is 13.8 Å². The summed E-state index contributed by atoms with van der Waals surface area (Å²) >= 11 is 0. The highest BCUT2D eigenvalue weighted by molar-refractivity contribution is 5.97. The molecule has 1 fully saturated rings. The van der Waals surface area contributed by atoms with E-state index in [9.17, 15) is 13.6 Å². The standard InChI is InChI=1S/C21H23F2N3O3/c1-12-9-26(10-13(2)29-12)21-16(22)6-15(7-17(21)23)24-14-4-5-18-19(8-14)28-11-20(27)25(18)3/h4-8,12-13,24H,9-11H2,1-3H3. The first-order valence-corrected chi connectivity index (χ1v) is 9.51. The quantitative estimate of drug-likeness (QED) is 0.848. The first kappa shape index (κ1) is 19.4. The molecule has 1 saturated heterocycles. The summed E-state index contributed by atoms with van der Waals surface area (Å²) in [6, 6.07) is 7.71. The van der Waals surface area contributed by atoms with Crippen LogP contribution in [-0.4, -0.2) is 44.9 Å². The molecule has 29 heavy (non-hydrogen) atoms.